The summed E-state index contributed by atoms with van der Waals surface area (Å²) in [4.78, 5) is 0. The van der Waals surface area contributed by atoms with Crippen molar-refractivity contribution in [3.63, 3.8) is 0 Å². The maximum absolute atomic E-state index is 7.22. The first-order chi connectivity index (χ1) is 7.08. The second-order valence-corrected chi connectivity index (χ2v) is 3.88. The van der Waals surface area contributed by atoms with Crippen LogP contribution >= 0.6 is 0 Å². The van der Waals surface area contributed by atoms with Gasteiger partial charge < -0.3 is 10.5 Å². The minimum absolute atomic E-state index is 0.192. The molecule has 3 heteroatoms. The van der Waals surface area contributed by atoms with E-state index in [-0.39, 0.29) is 11.9 Å². The standard InChI is InChI=1S/C12H18N2O/c1-9(2)15-8-11-5-3-4-10(6-11)7-12(13)14/h3-6,9H,7-8H2,1-2H3,(H3,13,14). The predicted octanol–water partition coefficient (Wildman–Crippen LogP) is 2.09. The zero-order valence-electron chi connectivity index (χ0n) is 9.29. The fourth-order valence-electron chi connectivity index (χ4n) is 1.31. The van der Waals surface area contributed by atoms with E-state index in [9.17, 15) is 0 Å². The van der Waals surface area contributed by atoms with Crippen molar-refractivity contribution in [2.75, 3.05) is 0 Å². The summed E-state index contributed by atoms with van der Waals surface area (Å²) < 4.78 is 5.50. The maximum atomic E-state index is 7.22. The van der Waals surface area contributed by atoms with Gasteiger partial charge in [0.15, 0.2) is 0 Å². The molecule has 0 saturated heterocycles. The van der Waals surface area contributed by atoms with E-state index in [0.717, 1.165) is 11.1 Å². The topological polar surface area (TPSA) is 59.1 Å². The van der Waals surface area contributed by atoms with E-state index in [2.05, 4.69) is 0 Å². The first-order valence-corrected chi connectivity index (χ1v) is 5.10. The zero-order valence-corrected chi connectivity index (χ0v) is 9.29. The summed E-state index contributed by atoms with van der Waals surface area (Å²) in [6, 6.07) is 7.99. The van der Waals surface area contributed by atoms with Gasteiger partial charge in [-0.1, -0.05) is 24.3 Å². The Kier molecular flexibility index (Phi) is 4.31. The Balaban J connectivity index is 2.61. The van der Waals surface area contributed by atoms with E-state index in [0.29, 0.717) is 13.0 Å². The number of nitrogens with two attached hydrogens (primary N) is 1. The van der Waals surface area contributed by atoms with Gasteiger partial charge >= 0.3 is 0 Å². The highest BCUT2D eigenvalue weighted by Gasteiger charge is 1.99. The summed E-state index contributed by atoms with van der Waals surface area (Å²) >= 11 is 0. The summed E-state index contributed by atoms with van der Waals surface area (Å²) in [7, 11) is 0. The molecule has 0 aliphatic heterocycles. The van der Waals surface area contributed by atoms with Gasteiger partial charge in [-0.2, -0.15) is 0 Å². The highest BCUT2D eigenvalue weighted by Crippen LogP contribution is 2.08. The number of hydrogen-bond acceptors (Lipinski definition) is 2. The van der Waals surface area contributed by atoms with Gasteiger partial charge in [-0.05, 0) is 25.0 Å². The lowest BCUT2D eigenvalue weighted by molar-refractivity contribution is 0.0657. The zero-order chi connectivity index (χ0) is 11.3. The van der Waals surface area contributed by atoms with Crippen LogP contribution < -0.4 is 5.73 Å². The second-order valence-electron chi connectivity index (χ2n) is 3.88. The van der Waals surface area contributed by atoms with Gasteiger partial charge in [0.2, 0.25) is 0 Å². The van der Waals surface area contributed by atoms with Crippen molar-refractivity contribution in [2.45, 2.75) is 33.0 Å². The van der Waals surface area contributed by atoms with Crippen LogP contribution in [0.25, 0.3) is 0 Å². The molecule has 3 nitrogen and oxygen atoms in total. The van der Waals surface area contributed by atoms with Gasteiger partial charge in [0.05, 0.1) is 18.5 Å². The van der Waals surface area contributed by atoms with Crippen molar-refractivity contribution in [1.82, 2.24) is 0 Å². The molecule has 1 rings (SSSR count). The number of amidine groups is 1. The van der Waals surface area contributed by atoms with Crippen molar-refractivity contribution in [3.8, 4) is 0 Å². The van der Waals surface area contributed by atoms with Crippen molar-refractivity contribution >= 4 is 5.84 Å². The number of benzene rings is 1. The summed E-state index contributed by atoms with van der Waals surface area (Å²) in [5.74, 6) is 0.192. The molecular formula is C12H18N2O. The lowest BCUT2D eigenvalue weighted by atomic mass is 10.1. The average Bonchev–Trinajstić information content (AvgIpc) is 2.14. The molecule has 1 aromatic carbocycles. The maximum Gasteiger partial charge on any atom is 0.0950 e. The minimum Gasteiger partial charge on any atom is -0.387 e. The Morgan fingerprint density at radius 1 is 1.40 bits per heavy atom. The van der Waals surface area contributed by atoms with Gasteiger partial charge in [0.25, 0.3) is 0 Å². The van der Waals surface area contributed by atoms with Crippen LogP contribution in [0.15, 0.2) is 24.3 Å². The summed E-state index contributed by atoms with van der Waals surface area (Å²) in [6.45, 7) is 4.64. The molecule has 1 aromatic rings. The van der Waals surface area contributed by atoms with Crippen molar-refractivity contribution in [3.05, 3.63) is 35.4 Å². The Bertz CT molecular complexity index is 334. The van der Waals surface area contributed by atoms with Crippen LogP contribution in [0.5, 0.6) is 0 Å². The van der Waals surface area contributed by atoms with Crippen molar-refractivity contribution < 1.29 is 4.74 Å². The lowest BCUT2D eigenvalue weighted by Crippen LogP contribution is -2.12. The van der Waals surface area contributed by atoms with Crippen LogP contribution in [0.4, 0.5) is 0 Å². The van der Waals surface area contributed by atoms with Crippen LogP contribution in [0.1, 0.15) is 25.0 Å². The molecule has 0 spiro atoms. The van der Waals surface area contributed by atoms with Crippen LogP contribution in [-0.4, -0.2) is 11.9 Å². The minimum atomic E-state index is 0.192. The fraction of sp³-hybridized carbons (Fsp3) is 0.417. The Labute approximate surface area is 90.8 Å². The third-order valence-electron chi connectivity index (χ3n) is 1.97. The molecule has 15 heavy (non-hydrogen) atoms. The molecule has 82 valence electrons. The molecule has 0 fully saturated rings. The number of ether oxygens (including phenoxy) is 1. The third-order valence-corrected chi connectivity index (χ3v) is 1.97. The quantitative estimate of drug-likeness (QED) is 0.572. The largest absolute Gasteiger partial charge is 0.387 e. The van der Waals surface area contributed by atoms with Crippen molar-refractivity contribution in [1.29, 1.82) is 5.41 Å². The van der Waals surface area contributed by atoms with E-state index in [1.54, 1.807) is 0 Å². The smallest absolute Gasteiger partial charge is 0.0950 e. The molecule has 0 amide bonds. The highest BCUT2D eigenvalue weighted by atomic mass is 16.5. The molecule has 0 aromatic heterocycles. The van der Waals surface area contributed by atoms with Gasteiger partial charge in [-0.15, -0.1) is 0 Å². The molecular weight excluding hydrogens is 188 g/mol. The van der Waals surface area contributed by atoms with Crippen LogP contribution in [-0.2, 0) is 17.8 Å². The Morgan fingerprint density at radius 2 is 2.07 bits per heavy atom. The van der Waals surface area contributed by atoms with Gasteiger partial charge in [0, 0.05) is 6.42 Å². The highest BCUT2D eigenvalue weighted by molar-refractivity contribution is 5.79. The molecule has 0 aliphatic rings. The Hall–Kier alpha value is -1.35. The van der Waals surface area contributed by atoms with E-state index in [1.165, 1.54) is 0 Å². The average molecular weight is 206 g/mol. The van der Waals surface area contributed by atoms with Crippen molar-refractivity contribution in [2.24, 2.45) is 5.73 Å². The Morgan fingerprint density at radius 3 is 2.67 bits per heavy atom. The fourth-order valence-corrected chi connectivity index (χ4v) is 1.31. The molecule has 3 N–H and O–H groups in total. The van der Waals surface area contributed by atoms with Crippen LogP contribution in [0, 0.1) is 5.41 Å². The number of nitrogens with one attached hydrogen (secondary N) is 1. The van der Waals surface area contributed by atoms with E-state index in [1.807, 2.05) is 38.1 Å². The second kappa shape index (κ2) is 5.51. The molecule has 0 unspecified atom stereocenters. The van der Waals surface area contributed by atoms with Crippen LogP contribution in [0.3, 0.4) is 0 Å². The predicted molar refractivity (Wildman–Crippen MR) is 62.0 cm³/mol. The normalized spacial score (nSPS) is 10.6. The van der Waals surface area contributed by atoms with Gasteiger partial charge in [-0.3, -0.25) is 5.41 Å². The SMILES string of the molecule is CC(C)OCc1cccc(CC(=N)N)c1. The molecule has 0 radical (unpaired) electrons. The van der Waals surface area contributed by atoms with E-state index < -0.39 is 0 Å². The van der Waals surface area contributed by atoms with Crippen LogP contribution in [0.2, 0.25) is 0 Å². The van der Waals surface area contributed by atoms with E-state index >= 15 is 0 Å². The molecule has 0 aliphatic carbocycles. The third kappa shape index (κ3) is 4.61. The number of rotatable bonds is 5. The summed E-state index contributed by atoms with van der Waals surface area (Å²) in [6.07, 6.45) is 0.747. The first kappa shape index (κ1) is 11.7. The molecule has 0 atom stereocenters. The van der Waals surface area contributed by atoms with Gasteiger partial charge in [0.1, 0.15) is 0 Å². The molecule has 0 bridgehead atoms. The van der Waals surface area contributed by atoms with Gasteiger partial charge in [-0.25, -0.2) is 0 Å². The monoisotopic (exact) mass is 206 g/mol. The van der Waals surface area contributed by atoms with E-state index in [4.69, 9.17) is 15.9 Å². The molecule has 0 saturated carbocycles. The molecule has 0 heterocycles. The first-order valence-electron chi connectivity index (χ1n) is 5.10. The summed E-state index contributed by atoms with van der Waals surface area (Å²) in [5, 5.41) is 7.22. The number of hydrogen-bond donors (Lipinski definition) is 2. The lowest BCUT2D eigenvalue weighted by Gasteiger charge is -2.08. The summed E-state index contributed by atoms with van der Waals surface area (Å²) in [5.41, 5.74) is 7.54.